The van der Waals surface area contributed by atoms with Gasteiger partial charge in [-0.3, -0.25) is 0 Å². The van der Waals surface area contributed by atoms with E-state index < -0.39 is 0 Å². The summed E-state index contributed by atoms with van der Waals surface area (Å²) in [5.41, 5.74) is 12.5. The number of rotatable bonds is 0. The maximum atomic E-state index is 12.9. The van der Waals surface area contributed by atoms with Gasteiger partial charge in [-0.15, -0.1) is 0 Å². The Balaban J connectivity index is 1.59. The first-order chi connectivity index (χ1) is 34.6. The monoisotopic (exact) mass is 1010 g/mol. The van der Waals surface area contributed by atoms with E-state index in [0.29, 0.717) is 96.5 Å². The Hall–Kier alpha value is -5.06. The van der Waals surface area contributed by atoms with Crippen molar-refractivity contribution in [1.29, 1.82) is 0 Å². The van der Waals surface area contributed by atoms with Crippen LogP contribution in [-0.2, 0) is 78.1 Å². The molecule has 0 saturated heterocycles. The quantitative estimate of drug-likeness (QED) is 0.137. The summed E-state index contributed by atoms with van der Waals surface area (Å²) < 4.78 is 37.7. The summed E-state index contributed by atoms with van der Waals surface area (Å²) in [6.07, 6.45) is 1.85. The number of phenolic OH excluding ortho intramolecular Hbond substituents is 3. The van der Waals surface area contributed by atoms with Gasteiger partial charge in [-0.2, -0.15) is 0 Å². The predicted octanol–water partition coefficient (Wildman–Crippen LogP) is 13.4. The summed E-state index contributed by atoms with van der Waals surface area (Å²) in [5, 5.41) is 38.3. The van der Waals surface area contributed by atoms with E-state index in [4.69, 9.17) is 28.4 Å². The molecule has 0 aromatic heterocycles. The first kappa shape index (κ1) is 56.7. The molecule has 74 heavy (non-hydrogen) atoms. The van der Waals surface area contributed by atoms with Crippen LogP contribution in [0.3, 0.4) is 0 Å². The second-order valence-electron chi connectivity index (χ2n) is 26.0. The van der Waals surface area contributed by atoms with Gasteiger partial charge < -0.3 is 43.7 Å². The van der Waals surface area contributed by atoms with E-state index in [2.05, 4.69) is 165 Å². The fourth-order valence-electron chi connectivity index (χ4n) is 9.85. The van der Waals surface area contributed by atoms with Crippen molar-refractivity contribution in [2.45, 2.75) is 163 Å². The van der Waals surface area contributed by atoms with Gasteiger partial charge in [0.15, 0.2) is 0 Å². The Morgan fingerprint density at radius 3 is 0.608 bits per heavy atom. The molecule has 1 aliphatic carbocycles. The highest BCUT2D eigenvalue weighted by atomic mass is 16.6. The van der Waals surface area contributed by atoms with Gasteiger partial charge in [-0.05, 0) is 111 Å². The van der Waals surface area contributed by atoms with Crippen LogP contribution in [0.2, 0.25) is 0 Å². The molecule has 1 heterocycles. The summed E-state index contributed by atoms with van der Waals surface area (Å²) in [7, 11) is 0. The van der Waals surface area contributed by atoms with Crippen LogP contribution in [0.1, 0.15) is 187 Å². The SMILES string of the molecule is CC(C)(C)c1cc2c(O)c(c1)Cc1cc(C(C)(C)C)cc3c1OCCOCCOCCOCCOCCOc1c(cc(C(C)(C)C)cc1Cc1cc(C(C)(C)C)cc(c1O)C3)Cc1cc(C(C)(C)C)cc(c1O)C2. The number of phenols is 3. The zero-order valence-corrected chi connectivity index (χ0v) is 47.7. The summed E-state index contributed by atoms with van der Waals surface area (Å²) in [5.74, 6) is 2.04. The van der Waals surface area contributed by atoms with Gasteiger partial charge in [-0.1, -0.05) is 165 Å². The number of benzene rings is 5. The van der Waals surface area contributed by atoms with Crippen molar-refractivity contribution in [3.63, 3.8) is 0 Å². The van der Waals surface area contributed by atoms with Gasteiger partial charge in [-0.25, -0.2) is 0 Å². The van der Waals surface area contributed by atoms with Crippen LogP contribution in [0.15, 0.2) is 60.7 Å². The third-order valence-electron chi connectivity index (χ3n) is 14.6. The van der Waals surface area contributed by atoms with E-state index in [1.807, 2.05) is 0 Å². The van der Waals surface area contributed by atoms with Crippen LogP contribution in [-0.4, -0.2) is 81.4 Å². The summed E-state index contributed by atoms with van der Waals surface area (Å²) in [6.45, 7) is 36.9. The average molecular weight is 1010 g/mol. The molecular formula is C65H88O9. The fourth-order valence-corrected chi connectivity index (χ4v) is 9.85. The minimum absolute atomic E-state index is 0.196. The van der Waals surface area contributed by atoms with Crippen LogP contribution in [0, 0.1) is 0 Å². The molecule has 1 aliphatic heterocycles. The molecule has 0 radical (unpaired) electrons. The molecular weight excluding hydrogens is 925 g/mol. The zero-order valence-electron chi connectivity index (χ0n) is 47.7. The Bertz CT molecular complexity index is 2590. The number of ether oxygens (including phenoxy) is 6. The van der Waals surface area contributed by atoms with Crippen LogP contribution >= 0.6 is 0 Å². The molecule has 9 heteroatoms. The highest BCUT2D eigenvalue weighted by Gasteiger charge is 2.29. The van der Waals surface area contributed by atoms with Crippen molar-refractivity contribution in [3.05, 3.63) is 144 Å². The predicted molar refractivity (Wildman–Crippen MR) is 299 cm³/mol. The Morgan fingerprint density at radius 2 is 0.419 bits per heavy atom. The van der Waals surface area contributed by atoms with E-state index in [1.165, 1.54) is 0 Å². The summed E-state index contributed by atoms with van der Waals surface area (Å²) >= 11 is 0. The maximum absolute atomic E-state index is 12.9. The highest BCUT2D eigenvalue weighted by molar-refractivity contribution is 5.60. The first-order valence-corrected chi connectivity index (χ1v) is 27.0. The normalized spacial score (nSPS) is 16.5. The van der Waals surface area contributed by atoms with Crippen molar-refractivity contribution in [3.8, 4) is 28.7 Å². The van der Waals surface area contributed by atoms with E-state index in [-0.39, 0.29) is 57.5 Å². The van der Waals surface area contributed by atoms with Gasteiger partial charge in [0, 0.05) is 32.1 Å². The summed E-state index contributed by atoms with van der Waals surface area (Å²) in [6, 6.07) is 21.8. The Kier molecular flexibility index (Phi) is 17.3. The Morgan fingerprint density at radius 1 is 0.257 bits per heavy atom. The standard InChI is InChI=1S/C65H88O9/c1-61(2,3)51-31-41-26-42-32-52(62(4,5)6)34-44(57(42)67)28-48-38-55(65(13,14)15)40-50-30-46-36-53(63(7,8)9)35-45(58(46)68)29-49-39-54(64(10,11)12)37-47(27-43(33-51)56(41)66)59(49)73-24-22-71-20-18-69-16-17-70-19-21-72-23-25-74-60(48)50/h31-40,66-68H,16-30H2,1-15H3. The van der Waals surface area contributed by atoms with Crippen molar-refractivity contribution in [2.75, 3.05) is 66.1 Å². The lowest BCUT2D eigenvalue weighted by Crippen LogP contribution is -2.17. The third kappa shape index (κ3) is 14.0. The minimum atomic E-state index is -0.264. The van der Waals surface area contributed by atoms with Crippen LogP contribution in [0.25, 0.3) is 0 Å². The molecule has 0 unspecified atom stereocenters. The van der Waals surface area contributed by atoms with Crippen LogP contribution in [0.4, 0.5) is 0 Å². The molecule has 0 amide bonds. The Labute approximate surface area is 443 Å². The average Bonchev–Trinajstić information content (AvgIpc) is 3.28. The van der Waals surface area contributed by atoms with Crippen molar-refractivity contribution < 1.29 is 43.7 Å². The van der Waals surface area contributed by atoms with E-state index in [9.17, 15) is 15.3 Å². The molecule has 0 saturated carbocycles. The van der Waals surface area contributed by atoms with Gasteiger partial charge in [0.05, 0.1) is 52.9 Å². The van der Waals surface area contributed by atoms with Crippen molar-refractivity contribution in [1.82, 2.24) is 0 Å². The van der Waals surface area contributed by atoms with E-state index in [0.717, 1.165) is 83.5 Å². The molecule has 7 rings (SSSR count). The number of hydrogen-bond acceptors (Lipinski definition) is 9. The van der Waals surface area contributed by atoms with Crippen LogP contribution < -0.4 is 9.47 Å². The lowest BCUT2D eigenvalue weighted by molar-refractivity contribution is -0.00706. The first-order valence-electron chi connectivity index (χ1n) is 27.0. The maximum Gasteiger partial charge on any atom is 0.126 e. The lowest BCUT2D eigenvalue weighted by Gasteiger charge is -2.28. The third-order valence-corrected chi connectivity index (χ3v) is 14.6. The lowest BCUT2D eigenvalue weighted by atomic mass is 9.79. The fraction of sp³-hybridized carbons (Fsp3) is 0.538. The summed E-state index contributed by atoms with van der Waals surface area (Å²) in [4.78, 5) is 0. The van der Waals surface area contributed by atoms with Gasteiger partial charge >= 0.3 is 0 Å². The van der Waals surface area contributed by atoms with Gasteiger partial charge in [0.2, 0.25) is 0 Å². The van der Waals surface area contributed by atoms with Gasteiger partial charge in [0.25, 0.3) is 0 Å². The number of aromatic hydroxyl groups is 3. The second-order valence-corrected chi connectivity index (χ2v) is 26.0. The molecule has 0 atom stereocenters. The van der Waals surface area contributed by atoms with Crippen molar-refractivity contribution >= 4 is 0 Å². The topological polar surface area (TPSA) is 116 Å². The molecule has 12 bridgehead atoms. The van der Waals surface area contributed by atoms with Crippen molar-refractivity contribution in [2.24, 2.45) is 0 Å². The molecule has 5 aromatic carbocycles. The van der Waals surface area contributed by atoms with Crippen LogP contribution in [0.5, 0.6) is 28.7 Å². The molecule has 0 spiro atoms. The smallest absolute Gasteiger partial charge is 0.126 e. The molecule has 3 N–H and O–H groups in total. The highest BCUT2D eigenvalue weighted by Crippen LogP contribution is 2.44. The number of hydrogen-bond donors (Lipinski definition) is 3. The second kappa shape index (κ2) is 22.6. The molecule has 0 fully saturated rings. The van der Waals surface area contributed by atoms with Gasteiger partial charge in [0.1, 0.15) is 42.0 Å². The minimum Gasteiger partial charge on any atom is -0.507 e. The molecule has 5 aromatic rings. The molecule has 9 nitrogen and oxygen atoms in total. The largest absolute Gasteiger partial charge is 0.507 e. The molecule has 2 aliphatic rings. The van der Waals surface area contributed by atoms with E-state index in [1.54, 1.807) is 0 Å². The molecule has 402 valence electrons. The van der Waals surface area contributed by atoms with E-state index >= 15 is 0 Å². The zero-order chi connectivity index (χ0) is 54.0. The number of fused-ring (bicyclic) bond motifs is 4.